The predicted octanol–water partition coefficient (Wildman–Crippen LogP) is 1.56. The SMILES string of the molecule is CCCC(O)CNC(=O)C(C)(N)c1ccccc1.Cl. The van der Waals surface area contributed by atoms with Crippen LogP contribution in [0.3, 0.4) is 0 Å². The van der Waals surface area contributed by atoms with E-state index < -0.39 is 11.6 Å². The van der Waals surface area contributed by atoms with Gasteiger partial charge in [-0.2, -0.15) is 0 Å². The summed E-state index contributed by atoms with van der Waals surface area (Å²) >= 11 is 0. The quantitative estimate of drug-likeness (QED) is 0.743. The number of carbonyl (C=O) groups is 1. The lowest BCUT2D eigenvalue weighted by atomic mass is 9.92. The highest BCUT2D eigenvalue weighted by Crippen LogP contribution is 2.17. The van der Waals surface area contributed by atoms with E-state index in [0.29, 0.717) is 6.42 Å². The van der Waals surface area contributed by atoms with Crippen molar-refractivity contribution in [3.05, 3.63) is 35.9 Å². The molecular weight excluding hydrogens is 264 g/mol. The van der Waals surface area contributed by atoms with Gasteiger partial charge in [0.25, 0.3) is 0 Å². The van der Waals surface area contributed by atoms with Crippen molar-refractivity contribution < 1.29 is 9.90 Å². The molecule has 19 heavy (non-hydrogen) atoms. The number of aliphatic hydroxyl groups excluding tert-OH is 1. The first-order chi connectivity index (χ1) is 8.48. The van der Waals surface area contributed by atoms with Crippen LogP contribution in [0.25, 0.3) is 0 Å². The predicted molar refractivity (Wildman–Crippen MR) is 79.2 cm³/mol. The Morgan fingerprint density at radius 1 is 1.42 bits per heavy atom. The number of aliphatic hydroxyl groups is 1. The number of halogens is 1. The van der Waals surface area contributed by atoms with Crippen molar-refractivity contribution in [3.8, 4) is 0 Å². The molecule has 0 saturated carbocycles. The maximum absolute atomic E-state index is 12.0. The Morgan fingerprint density at radius 2 is 2.00 bits per heavy atom. The van der Waals surface area contributed by atoms with Gasteiger partial charge >= 0.3 is 0 Å². The average Bonchev–Trinajstić information content (AvgIpc) is 2.37. The van der Waals surface area contributed by atoms with Crippen molar-refractivity contribution in [2.24, 2.45) is 5.73 Å². The molecule has 1 rings (SSSR count). The zero-order valence-electron chi connectivity index (χ0n) is 11.4. The van der Waals surface area contributed by atoms with Gasteiger partial charge in [-0.3, -0.25) is 4.79 Å². The van der Waals surface area contributed by atoms with E-state index in [1.807, 2.05) is 37.3 Å². The van der Waals surface area contributed by atoms with Gasteiger partial charge in [-0.05, 0) is 18.9 Å². The second-order valence-electron chi connectivity index (χ2n) is 4.72. The van der Waals surface area contributed by atoms with Crippen molar-refractivity contribution >= 4 is 18.3 Å². The zero-order chi connectivity index (χ0) is 13.6. The van der Waals surface area contributed by atoms with Gasteiger partial charge in [0, 0.05) is 6.54 Å². The standard InChI is InChI=1S/C14H22N2O2.ClH/c1-3-7-12(17)10-16-13(18)14(2,15)11-8-5-4-6-9-11;/h4-6,8-9,12,17H,3,7,10,15H2,1-2H3,(H,16,18);1H. The third-order valence-electron chi connectivity index (χ3n) is 2.97. The summed E-state index contributed by atoms with van der Waals surface area (Å²) in [5.41, 5.74) is 5.73. The highest BCUT2D eigenvalue weighted by molar-refractivity contribution is 5.87. The van der Waals surface area contributed by atoms with Crippen LogP contribution >= 0.6 is 12.4 Å². The smallest absolute Gasteiger partial charge is 0.244 e. The van der Waals surface area contributed by atoms with Crippen LogP contribution in [0.5, 0.6) is 0 Å². The molecule has 4 nitrogen and oxygen atoms in total. The van der Waals surface area contributed by atoms with Gasteiger partial charge in [0.15, 0.2) is 0 Å². The third-order valence-corrected chi connectivity index (χ3v) is 2.97. The largest absolute Gasteiger partial charge is 0.391 e. The van der Waals surface area contributed by atoms with Crippen LogP contribution in [-0.4, -0.2) is 23.7 Å². The minimum absolute atomic E-state index is 0. The van der Waals surface area contributed by atoms with Gasteiger partial charge in [0.1, 0.15) is 5.54 Å². The van der Waals surface area contributed by atoms with Gasteiger partial charge in [-0.25, -0.2) is 0 Å². The van der Waals surface area contributed by atoms with Gasteiger partial charge < -0.3 is 16.2 Å². The number of carbonyl (C=O) groups excluding carboxylic acids is 1. The Labute approximate surface area is 120 Å². The lowest BCUT2D eigenvalue weighted by molar-refractivity contribution is -0.126. The van der Waals surface area contributed by atoms with E-state index in [-0.39, 0.29) is 24.9 Å². The highest BCUT2D eigenvalue weighted by atomic mass is 35.5. The molecule has 1 aromatic rings. The number of nitrogens with one attached hydrogen (secondary N) is 1. The fraction of sp³-hybridized carbons (Fsp3) is 0.500. The Hall–Kier alpha value is -1.10. The monoisotopic (exact) mass is 286 g/mol. The minimum atomic E-state index is -1.08. The lowest BCUT2D eigenvalue weighted by Crippen LogP contribution is -2.50. The molecule has 0 saturated heterocycles. The van der Waals surface area contributed by atoms with Crippen LogP contribution in [0, 0.1) is 0 Å². The summed E-state index contributed by atoms with van der Waals surface area (Å²) in [4.78, 5) is 12.0. The van der Waals surface area contributed by atoms with Crippen molar-refractivity contribution in [1.29, 1.82) is 0 Å². The zero-order valence-corrected chi connectivity index (χ0v) is 12.2. The Morgan fingerprint density at radius 3 is 2.53 bits per heavy atom. The number of hydrogen-bond donors (Lipinski definition) is 3. The number of hydrogen-bond acceptors (Lipinski definition) is 3. The van der Waals surface area contributed by atoms with Crippen LogP contribution in [0.1, 0.15) is 32.3 Å². The molecule has 0 fully saturated rings. The van der Waals surface area contributed by atoms with Crippen LogP contribution in [0.15, 0.2) is 30.3 Å². The molecular formula is C14H23ClN2O2. The lowest BCUT2D eigenvalue weighted by Gasteiger charge is -2.24. The Balaban J connectivity index is 0.00000324. The topological polar surface area (TPSA) is 75.3 Å². The fourth-order valence-corrected chi connectivity index (χ4v) is 1.74. The summed E-state index contributed by atoms with van der Waals surface area (Å²) in [5.74, 6) is -0.274. The number of nitrogens with two attached hydrogens (primary N) is 1. The van der Waals surface area contributed by atoms with Crippen LogP contribution in [-0.2, 0) is 10.3 Å². The van der Waals surface area contributed by atoms with Crippen molar-refractivity contribution in [3.63, 3.8) is 0 Å². The molecule has 1 aromatic carbocycles. The van der Waals surface area contributed by atoms with Crippen LogP contribution in [0.2, 0.25) is 0 Å². The maximum atomic E-state index is 12.0. The second kappa shape index (κ2) is 8.15. The summed E-state index contributed by atoms with van der Waals surface area (Å²) in [7, 11) is 0. The summed E-state index contributed by atoms with van der Waals surface area (Å²) in [6, 6.07) is 9.21. The first-order valence-electron chi connectivity index (χ1n) is 6.29. The molecule has 0 aromatic heterocycles. The van der Waals surface area contributed by atoms with E-state index in [4.69, 9.17) is 5.73 Å². The molecule has 0 spiro atoms. The van der Waals surface area contributed by atoms with E-state index in [2.05, 4.69) is 5.32 Å². The molecule has 1 amide bonds. The molecule has 0 aliphatic rings. The molecule has 0 aliphatic heterocycles. The van der Waals surface area contributed by atoms with E-state index in [1.54, 1.807) is 6.92 Å². The van der Waals surface area contributed by atoms with E-state index >= 15 is 0 Å². The minimum Gasteiger partial charge on any atom is -0.391 e. The molecule has 0 radical (unpaired) electrons. The average molecular weight is 287 g/mol. The normalized spacial score (nSPS) is 14.9. The van der Waals surface area contributed by atoms with Gasteiger partial charge in [-0.1, -0.05) is 43.7 Å². The van der Waals surface area contributed by atoms with E-state index in [9.17, 15) is 9.90 Å². The third kappa shape index (κ3) is 5.19. The summed E-state index contributed by atoms with van der Waals surface area (Å²) in [5, 5.41) is 12.3. The van der Waals surface area contributed by atoms with E-state index in [0.717, 1.165) is 12.0 Å². The molecule has 5 heteroatoms. The summed E-state index contributed by atoms with van der Waals surface area (Å²) < 4.78 is 0. The second-order valence-corrected chi connectivity index (χ2v) is 4.72. The van der Waals surface area contributed by atoms with Crippen LogP contribution < -0.4 is 11.1 Å². The van der Waals surface area contributed by atoms with Gasteiger partial charge in [-0.15, -0.1) is 12.4 Å². The number of rotatable bonds is 6. The summed E-state index contributed by atoms with van der Waals surface area (Å²) in [6.07, 6.45) is 1.05. The van der Waals surface area contributed by atoms with Gasteiger partial charge in [0.2, 0.25) is 5.91 Å². The Bertz CT molecular complexity index is 382. The van der Waals surface area contributed by atoms with E-state index in [1.165, 1.54) is 0 Å². The molecule has 0 bridgehead atoms. The van der Waals surface area contributed by atoms with Crippen molar-refractivity contribution in [2.75, 3.05) is 6.54 Å². The molecule has 2 unspecified atom stereocenters. The number of amides is 1. The first kappa shape index (κ1) is 17.9. The van der Waals surface area contributed by atoms with Crippen molar-refractivity contribution in [2.45, 2.75) is 38.3 Å². The molecule has 0 aliphatic carbocycles. The molecule has 2 atom stereocenters. The number of benzene rings is 1. The summed E-state index contributed by atoms with van der Waals surface area (Å²) in [6.45, 7) is 3.90. The highest BCUT2D eigenvalue weighted by Gasteiger charge is 2.30. The fourth-order valence-electron chi connectivity index (χ4n) is 1.74. The molecule has 108 valence electrons. The van der Waals surface area contributed by atoms with Crippen molar-refractivity contribution in [1.82, 2.24) is 5.32 Å². The molecule has 4 N–H and O–H groups in total. The van der Waals surface area contributed by atoms with Gasteiger partial charge in [0.05, 0.1) is 6.10 Å². The van der Waals surface area contributed by atoms with Crippen LogP contribution in [0.4, 0.5) is 0 Å². The maximum Gasteiger partial charge on any atom is 0.244 e. The Kier molecular flexibility index (Phi) is 7.68. The molecule has 0 heterocycles. The first-order valence-corrected chi connectivity index (χ1v) is 6.29.